The van der Waals surface area contributed by atoms with Crippen LogP contribution in [0.5, 0.6) is 0 Å². The van der Waals surface area contributed by atoms with Crippen LogP contribution in [0, 0.1) is 17.6 Å². The number of hydrogen-bond acceptors (Lipinski definition) is 4. The van der Waals surface area contributed by atoms with Gasteiger partial charge < -0.3 is 9.42 Å². The van der Waals surface area contributed by atoms with Crippen LogP contribution in [0.15, 0.2) is 22.7 Å². The number of nitrogens with zero attached hydrogens (tertiary/aromatic N) is 3. The predicted octanol–water partition coefficient (Wildman–Crippen LogP) is 3.67. The van der Waals surface area contributed by atoms with Crippen molar-refractivity contribution < 1.29 is 18.1 Å². The zero-order chi connectivity index (χ0) is 18.5. The van der Waals surface area contributed by atoms with Gasteiger partial charge in [0.15, 0.2) is 17.5 Å². The highest BCUT2D eigenvalue weighted by Crippen LogP contribution is 2.49. The lowest BCUT2D eigenvalue weighted by atomic mass is 9.80. The van der Waals surface area contributed by atoms with E-state index in [2.05, 4.69) is 10.1 Å². The lowest BCUT2D eigenvalue weighted by Crippen LogP contribution is -2.35. The van der Waals surface area contributed by atoms with Gasteiger partial charge in [0.25, 0.3) is 5.91 Å². The molecular weight excluding hydrogens is 340 g/mol. The average molecular weight is 361 g/mol. The summed E-state index contributed by atoms with van der Waals surface area (Å²) in [6, 6.07) is 3.28. The summed E-state index contributed by atoms with van der Waals surface area (Å²) in [6.07, 6.45) is 2.95. The molecule has 2 atom stereocenters. The van der Waals surface area contributed by atoms with Gasteiger partial charge in [-0.25, -0.2) is 8.78 Å². The van der Waals surface area contributed by atoms with Gasteiger partial charge in [0.05, 0.1) is 5.41 Å². The van der Waals surface area contributed by atoms with Crippen molar-refractivity contribution in [2.45, 2.75) is 44.4 Å². The largest absolute Gasteiger partial charge is 0.339 e. The molecule has 0 unspecified atom stereocenters. The first kappa shape index (κ1) is 17.1. The fraction of sp³-hybridized carbons (Fsp3) is 0.526. The van der Waals surface area contributed by atoms with Gasteiger partial charge in [-0.1, -0.05) is 25.4 Å². The average Bonchev–Trinajstić information content (AvgIpc) is 3.29. The number of carbonyl (C=O) groups excluding carboxylic acids is 1. The molecule has 5 nitrogen and oxygen atoms in total. The van der Waals surface area contributed by atoms with E-state index in [-0.39, 0.29) is 28.7 Å². The van der Waals surface area contributed by atoms with Crippen LogP contribution in [-0.2, 0) is 5.41 Å². The number of benzene rings is 1. The van der Waals surface area contributed by atoms with Gasteiger partial charge in [0.1, 0.15) is 0 Å². The Labute approximate surface area is 150 Å². The number of amides is 1. The van der Waals surface area contributed by atoms with Crippen molar-refractivity contribution in [3.05, 3.63) is 47.1 Å². The van der Waals surface area contributed by atoms with Gasteiger partial charge in [0.2, 0.25) is 5.89 Å². The Balaban J connectivity index is 1.61. The highest BCUT2D eigenvalue weighted by Gasteiger charge is 2.54. The molecule has 138 valence electrons. The fourth-order valence-electron chi connectivity index (χ4n) is 4.29. The van der Waals surface area contributed by atoms with E-state index in [0.29, 0.717) is 24.8 Å². The highest BCUT2D eigenvalue weighted by atomic mass is 19.2. The molecule has 0 N–H and O–H groups in total. The molecule has 4 rings (SSSR count). The van der Waals surface area contributed by atoms with Crippen LogP contribution in [0.4, 0.5) is 8.78 Å². The van der Waals surface area contributed by atoms with Gasteiger partial charge in [-0.05, 0) is 37.0 Å². The van der Waals surface area contributed by atoms with Gasteiger partial charge in [0, 0.05) is 24.6 Å². The van der Waals surface area contributed by atoms with E-state index in [1.807, 2.05) is 13.8 Å². The second-order valence-corrected chi connectivity index (χ2v) is 7.67. The predicted molar refractivity (Wildman–Crippen MR) is 89.7 cm³/mol. The molecule has 1 amide bonds. The van der Waals surface area contributed by atoms with Crippen LogP contribution >= 0.6 is 0 Å². The molecule has 7 heteroatoms. The second kappa shape index (κ2) is 6.14. The number of rotatable bonds is 3. The Morgan fingerprint density at radius 2 is 2.15 bits per heavy atom. The third-order valence-electron chi connectivity index (χ3n) is 5.71. The minimum absolute atomic E-state index is 0.147. The monoisotopic (exact) mass is 361 g/mol. The summed E-state index contributed by atoms with van der Waals surface area (Å²) in [6.45, 7) is 5.04. The van der Waals surface area contributed by atoms with E-state index >= 15 is 0 Å². The van der Waals surface area contributed by atoms with Crippen molar-refractivity contribution in [1.29, 1.82) is 0 Å². The molecule has 2 heterocycles. The SMILES string of the molecule is CC(C)c1nc([C@@]23CCC[C@@H]2CN(C(=O)c2ccc(F)c(F)c2)C3)no1. The molecule has 1 saturated carbocycles. The molecule has 0 spiro atoms. The number of hydrogen-bond donors (Lipinski definition) is 0. The summed E-state index contributed by atoms with van der Waals surface area (Å²) in [5, 5.41) is 4.21. The van der Waals surface area contributed by atoms with Crippen molar-refractivity contribution in [2.75, 3.05) is 13.1 Å². The van der Waals surface area contributed by atoms with E-state index < -0.39 is 11.6 Å². The number of fused-ring (bicyclic) bond motifs is 1. The van der Waals surface area contributed by atoms with Gasteiger partial charge in [-0.15, -0.1) is 0 Å². The van der Waals surface area contributed by atoms with E-state index in [0.717, 1.165) is 31.4 Å². The van der Waals surface area contributed by atoms with E-state index in [1.165, 1.54) is 6.07 Å². The summed E-state index contributed by atoms with van der Waals surface area (Å²) in [5.74, 6) is -0.572. The first-order chi connectivity index (χ1) is 12.4. The Kier molecular flexibility index (Phi) is 4.04. The maximum atomic E-state index is 13.5. The first-order valence-electron chi connectivity index (χ1n) is 8.99. The molecule has 2 aromatic rings. The first-order valence-corrected chi connectivity index (χ1v) is 8.99. The Morgan fingerprint density at radius 1 is 1.35 bits per heavy atom. The van der Waals surface area contributed by atoms with Crippen LogP contribution < -0.4 is 0 Å². The van der Waals surface area contributed by atoms with Crippen molar-refractivity contribution in [1.82, 2.24) is 15.0 Å². The highest BCUT2D eigenvalue weighted by molar-refractivity contribution is 5.94. The molecule has 0 bridgehead atoms. The molecule has 1 aliphatic heterocycles. The summed E-state index contributed by atoms with van der Waals surface area (Å²) >= 11 is 0. The van der Waals surface area contributed by atoms with Crippen LogP contribution in [0.2, 0.25) is 0 Å². The molecule has 1 aliphatic carbocycles. The molecular formula is C19H21F2N3O2. The maximum absolute atomic E-state index is 13.5. The standard InChI is InChI=1S/C19H21F2N3O2/c1-11(2)16-22-18(23-26-16)19-7-3-4-13(19)9-24(10-19)17(25)12-5-6-14(20)15(21)8-12/h5-6,8,11,13H,3-4,7,9-10H2,1-2H3/t13-,19-/m1/s1. The zero-order valence-corrected chi connectivity index (χ0v) is 14.8. The van der Waals surface area contributed by atoms with Gasteiger partial charge in [-0.2, -0.15) is 4.98 Å². The fourth-order valence-corrected chi connectivity index (χ4v) is 4.29. The quantitative estimate of drug-likeness (QED) is 0.837. The summed E-state index contributed by atoms with van der Waals surface area (Å²) in [5.41, 5.74) is -0.139. The number of halogens is 2. The van der Waals surface area contributed by atoms with E-state index in [4.69, 9.17) is 4.52 Å². The minimum atomic E-state index is -1.01. The molecule has 1 saturated heterocycles. The Hall–Kier alpha value is -2.31. The topological polar surface area (TPSA) is 59.2 Å². The van der Waals surface area contributed by atoms with Crippen molar-refractivity contribution in [3.8, 4) is 0 Å². The second-order valence-electron chi connectivity index (χ2n) is 7.67. The van der Waals surface area contributed by atoms with Crippen LogP contribution in [0.3, 0.4) is 0 Å². The summed E-state index contributed by atoms with van der Waals surface area (Å²) in [7, 11) is 0. The van der Waals surface area contributed by atoms with Crippen molar-refractivity contribution in [3.63, 3.8) is 0 Å². The third-order valence-corrected chi connectivity index (χ3v) is 5.71. The summed E-state index contributed by atoms with van der Waals surface area (Å²) in [4.78, 5) is 19.1. The number of likely N-dealkylation sites (tertiary alicyclic amines) is 1. The zero-order valence-electron chi connectivity index (χ0n) is 14.8. The van der Waals surface area contributed by atoms with Crippen LogP contribution in [-0.4, -0.2) is 34.0 Å². The van der Waals surface area contributed by atoms with Crippen molar-refractivity contribution in [2.24, 2.45) is 5.92 Å². The molecule has 0 radical (unpaired) electrons. The lowest BCUT2D eigenvalue weighted by molar-refractivity contribution is 0.0776. The van der Waals surface area contributed by atoms with Crippen LogP contribution in [0.25, 0.3) is 0 Å². The number of aromatic nitrogens is 2. The Bertz CT molecular complexity index is 851. The number of carbonyl (C=O) groups is 1. The van der Waals surface area contributed by atoms with E-state index in [9.17, 15) is 13.6 Å². The van der Waals surface area contributed by atoms with Gasteiger partial charge >= 0.3 is 0 Å². The summed E-state index contributed by atoms with van der Waals surface area (Å²) < 4.78 is 32.0. The molecule has 2 fully saturated rings. The molecule has 1 aromatic heterocycles. The lowest BCUT2D eigenvalue weighted by Gasteiger charge is -2.24. The van der Waals surface area contributed by atoms with Crippen LogP contribution in [0.1, 0.15) is 61.1 Å². The minimum Gasteiger partial charge on any atom is -0.339 e. The molecule has 2 aliphatic rings. The van der Waals surface area contributed by atoms with Crippen molar-refractivity contribution >= 4 is 5.91 Å². The molecule has 1 aromatic carbocycles. The van der Waals surface area contributed by atoms with E-state index in [1.54, 1.807) is 4.90 Å². The molecule has 26 heavy (non-hydrogen) atoms. The normalized spacial score (nSPS) is 25.1. The maximum Gasteiger partial charge on any atom is 0.254 e. The smallest absolute Gasteiger partial charge is 0.254 e. The van der Waals surface area contributed by atoms with Gasteiger partial charge in [-0.3, -0.25) is 4.79 Å². The Morgan fingerprint density at radius 3 is 2.85 bits per heavy atom. The third kappa shape index (κ3) is 2.61.